The molecule has 5 rings (SSSR count). The molecule has 2 aliphatic rings. The van der Waals surface area contributed by atoms with Gasteiger partial charge in [0.15, 0.2) is 11.5 Å². The largest absolute Gasteiger partial charge is 0.872 e. The standard InChI is InChI=1S/C33H36N2O7/c1-22-19-25(42-21-23-7-5-4-6-8-23)10-11-26(22)31(36)29-30(24-9-12-27(39-2)28(20-24)40-3)35(33(38)32(29)37)14-13-34-15-17-41-18-16-34/h4-12,19-20,30,36H,13-18,21H2,1-3H3. The molecule has 2 saturated heterocycles. The molecular formula is C33H36N2O7. The van der Waals surface area contributed by atoms with Crippen molar-refractivity contribution < 1.29 is 38.5 Å². The summed E-state index contributed by atoms with van der Waals surface area (Å²) in [7, 11) is 3.06. The molecule has 0 saturated carbocycles. The van der Waals surface area contributed by atoms with Gasteiger partial charge in [0.25, 0.3) is 5.91 Å². The smallest absolute Gasteiger partial charge is 0.295 e. The molecule has 0 aliphatic carbocycles. The first-order valence-electron chi connectivity index (χ1n) is 14.1. The maximum atomic E-state index is 14.1. The van der Waals surface area contributed by atoms with Crippen LogP contribution in [-0.2, 0) is 20.9 Å². The third kappa shape index (κ3) is 6.12. The van der Waals surface area contributed by atoms with Crippen molar-refractivity contribution in [2.45, 2.75) is 19.6 Å². The Morgan fingerprint density at radius 3 is 2.40 bits per heavy atom. The number of quaternary nitrogens is 1. The molecule has 0 spiro atoms. The summed E-state index contributed by atoms with van der Waals surface area (Å²) >= 11 is 0. The topological polar surface area (TPSA) is 102 Å². The minimum absolute atomic E-state index is 0.0646. The first kappa shape index (κ1) is 29.2. The number of aryl methyl sites for hydroxylation is 1. The van der Waals surface area contributed by atoms with Gasteiger partial charge in [0.1, 0.15) is 25.4 Å². The lowest BCUT2D eigenvalue weighted by Gasteiger charge is -2.30. The maximum Gasteiger partial charge on any atom is 0.295 e. The van der Waals surface area contributed by atoms with E-state index < -0.39 is 23.5 Å². The van der Waals surface area contributed by atoms with Crippen LogP contribution in [0, 0.1) is 6.92 Å². The van der Waals surface area contributed by atoms with Gasteiger partial charge in [-0.15, -0.1) is 0 Å². The zero-order valence-electron chi connectivity index (χ0n) is 24.2. The summed E-state index contributed by atoms with van der Waals surface area (Å²) in [6.07, 6.45) is 0. The fourth-order valence-corrected chi connectivity index (χ4v) is 5.53. The Morgan fingerprint density at radius 2 is 1.71 bits per heavy atom. The molecule has 1 N–H and O–H groups in total. The summed E-state index contributed by atoms with van der Waals surface area (Å²) in [5, 5.41) is 14.1. The van der Waals surface area contributed by atoms with E-state index >= 15 is 0 Å². The van der Waals surface area contributed by atoms with E-state index in [0.717, 1.165) is 18.7 Å². The van der Waals surface area contributed by atoms with Crippen LogP contribution < -0.4 is 24.2 Å². The van der Waals surface area contributed by atoms with Crippen LogP contribution in [0.25, 0.3) is 5.76 Å². The van der Waals surface area contributed by atoms with Crippen LogP contribution in [0.15, 0.2) is 72.3 Å². The fraction of sp³-hybridized carbons (Fsp3) is 0.333. The van der Waals surface area contributed by atoms with Gasteiger partial charge in [-0.1, -0.05) is 48.2 Å². The molecule has 9 nitrogen and oxygen atoms in total. The summed E-state index contributed by atoms with van der Waals surface area (Å²) in [4.78, 5) is 29.8. The molecule has 220 valence electrons. The van der Waals surface area contributed by atoms with Gasteiger partial charge >= 0.3 is 0 Å². The molecule has 2 heterocycles. The minimum Gasteiger partial charge on any atom is -0.872 e. The second-order valence-electron chi connectivity index (χ2n) is 10.5. The van der Waals surface area contributed by atoms with Gasteiger partial charge in [0.05, 0.1) is 46.6 Å². The number of carbonyl (C=O) groups excluding carboxylic acids is 2. The average Bonchev–Trinajstić information content (AvgIpc) is 3.28. The second kappa shape index (κ2) is 13.1. The zero-order valence-corrected chi connectivity index (χ0v) is 24.2. The van der Waals surface area contributed by atoms with Gasteiger partial charge in [0.2, 0.25) is 5.78 Å². The van der Waals surface area contributed by atoms with Crippen molar-refractivity contribution in [1.29, 1.82) is 0 Å². The number of rotatable bonds is 10. The Balaban J connectivity index is 1.50. The molecule has 3 aromatic carbocycles. The van der Waals surface area contributed by atoms with Crippen molar-refractivity contribution in [2.24, 2.45) is 0 Å². The van der Waals surface area contributed by atoms with E-state index in [-0.39, 0.29) is 5.57 Å². The van der Waals surface area contributed by atoms with Crippen LogP contribution in [0.2, 0.25) is 0 Å². The van der Waals surface area contributed by atoms with E-state index in [4.69, 9.17) is 18.9 Å². The number of ether oxygens (including phenoxy) is 4. The first-order chi connectivity index (χ1) is 20.4. The van der Waals surface area contributed by atoms with Gasteiger partial charge in [0, 0.05) is 5.57 Å². The van der Waals surface area contributed by atoms with Gasteiger partial charge < -0.3 is 33.9 Å². The maximum absolute atomic E-state index is 14.1. The molecule has 1 atom stereocenters. The Bertz CT molecular complexity index is 1460. The number of ketones is 1. The lowest BCUT2D eigenvalue weighted by Crippen LogP contribution is -3.14. The molecule has 0 aromatic heterocycles. The minimum atomic E-state index is -0.855. The molecule has 9 heteroatoms. The Hall–Kier alpha value is -4.34. The summed E-state index contributed by atoms with van der Waals surface area (Å²) in [6.45, 7) is 6.10. The Labute approximate surface area is 245 Å². The van der Waals surface area contributed by atoms with Gasteiger partial charge in [-0.2, -0.15) is 0 Å². The molecule has 2 aliphatic heterocycles. The number of Topliss-reactive ketones (excluding diaryl/α,β-unsaturated/α-hetero) is 1. The number of nitrogens with one attached hydrogen (secondary N) is 1. The van der Waals surface area contributed by atoms with Gasteiger partial charge in [-0.25, -0.2) is 0 Å². The Morgan fingerprint density at radius 1 is 0.976 bits per heavy atom. The van der Waals surface area contributed by atoms with Crippen molar-refractivity contribution in [1.82, 2.24) is 4.90 Å². The highest BCUT2D eigenvalue weighted by Gasteiger charge is 2.44. The second-order valence-corrected chi connectivity index (χ2v) is 10.5. The predicted octanol–water partition coefficient (Wildman–Crippen LogP) is 1.73. The van der Waals surface area contributed by atoms with Crippen LogP contribution in [0.4, 0.5) is 0 Å². The third-order valence-electron chi connectivity index (χ3n) is 7.85. The molecule has 1 unspecified atom stereocenters. The Kier molecular flexibility index (Phi) is 9.09. The molecule has 42 heavy (non-hydrogen) atoms. The monoisotopic (exact) mass is 572 g/mol. The van der Waals surface area contributed by atoms with E-state index in [1.54, 1.807) is 43.3 Å². The molecule has 3 aromatic rings. The van der Waals surface area contributed by atoms with E-state index in [9.17, 15) is 14.7 Å². The lowest BCUT2D eigenvalue weighted by molar-refractivity contribution is -0.907. The normalized spacial score (nSPS) is 18.7. The summed E-state index contributed by atoms with van der Waals surface area (Å²) in [5.41, 5.74) is 2.57. The first-order valence-corrected chi connectivity index (χ1v) is 14.1. The van der Waals surface area contributed by atoms with Crippen molar-refractivity contribution in [3.63, 3.8) is 0 Å². The number of carbonyl (C=O) groups is 2. The fourth-order valence-electron chi connectivity index (χ4n) is 5.53. The number of methoxy groups -OCH3 is 2. The summed E-state index contributed by atoms with van der Waals surface area (Å²) < 4.78 is 22.3. The van der Waals surface area contributed by atoms with Crippen molar-refractivity contribution in [3.8, 4) is 17.2 Å². The number of benzene rings is 3. The summed E-state index contributed by atoms with van der Waals surface area (Å²) in [5.74, 6) is -0.356. The van der Waals surface area contributed by atoms with Gasteiger partial charge in [-0.3, -0.25) is 9.59 Å². The number of likely N-dealkylation sites (tertiary alicyclic amines) is 1. The number of nitrogens with zero attached hydrogens (tertiary/aromatic N) is 1. The molecule has 1 amide bonds. The lowest BCUT2D eigenvalue weighted by atomic mass is 9.93. The molecule has 2 fully saturated rings. The van der Waals surface area contributed by atoms with Gasteiger partial charge in [-0.05, 0) is 53.4 Å². The quantitative estimate of drug-likeness (QED) is 0.224. The highest BCUT2D eigenvalue weighted by molar-refractivity contribution is 6.46. The molecule has 0 bridgehead atoms. The van der Waals surface area contributed by atoms with Crippen LogP contribution in [0.5, 0.6) is 17.2 Å². The number of amides is 1. The van der Waals surface area contributed by atoms with Crippen molar-refractivity contribution >= 4 is 17.4 Å². The number of hydrogen-bond acceptors (Lipinski definition) is 7. The highest BCUT2D eigenvalue weighted by atomic mass is 16.5. The van der Waals surface area contributed by atoms with E-state index in [0.29, 0.717) is 66.8 Å². The molecular weight excluding hydrogens is 536 g/mol. The average molecular weight is 573 g/mol. The van der Waals surface area contributed by atoms with Crippen LogP contribution >= 0.6 is 0 Å². The summed E-state index contributed by atoms with van der Waals surface area (Å²) in [6, 6.07) is 19.3. The predicted molar refractivity (Wildman–Crippen MR) is 154 cm³/mol. The number of morpholine rings is 1. The third-order valence-corrected chi connectivity index (χ3v) is 7.85. The van der Waals surface area contributed by atoms with E-state index in [1.807, 2.05) is 30.3 Å². The van der Waals surface area contributed by atoms with Crippen LogP contribution in [0.1, 0.15) is 28.3 Å². The zero-order chi connectivity index (χ0) is 29.6. The van der Waals surface area contributed by atoms with Crippen LogP contribution in [0.3, 0.4) is 0 Å². The van der Waals surface area contributed by atoms with Crippen molar-refractivity contribution in [2.75, 3.05) is 53.6 Å². The van der Waals surface area contributed by atoms with Crippen LogP contribution in [-0.4, -0.2) is 70.2 Å². The van der Waals surface area contributed by atoms with E-state index in [2.05, 4.69) is 0 Å². The molecule has 0 radical (unpaired) electrons. The van der Waals surface area contributed by atoms with Crippen molar-refractivity contribution in [3.05, 3.63) is 94.6 Å². The van der Waals surface area contributed by atoms with E-state index in [1.165, 1.54) is 24.0 Å². The number of hydrogen-bond donors (Lipinski definition) is 1. The highest BCUT2D eigenvalue weighted by Crippen LogP contribution is 2.41. The SMILES string of the molecule is COc1ccc(C2C(=C([O-])c3ccc(OCc4ccccc4)cc3C)C(=O)C(=O)N2CC[NH+]2CCOCC2)cc1OC.